The third-order valence-electron chi connectivity index (χ3n) is 3.65. The molecule has 0 aliphatic rings. The first kappa shape index (κ1) is 15.7. The van der Waals surface area contributed by atoms with Crippen molar-refractivity contribution in [3.8, 4) is 0 Å². The number of benzene rings is 1. The number of hydrogen-bond donors (Lipinski definition) is 0. The van der Waals surface area contributed by atoms with Crippen molar-refractivity contribution < 1.29 is 0 Å². The van der Waals surface area contributed by atoms with E-state index in [4.69, 9.17) is 4.98 Å². The number of hydrogen-bond acceptors (Lipinski definition) is 4. The lowest BCUT2D eigenvalue weighted by atomic mass is 10.2. The Bertz CT molecular complexity index is 846. The van der Waals surface area contributed by atoms with E-state index in [1.165, 1.54) is 0 Å². The summed E-state index contributed by atoms with van der Waals surface area (Å²) in [6.07, 6.45) is 5.63. The van der Waals surface area contributed by atoms with Crippen molar-refractivity contribution in [2.75, 3.05) is 0 Å². The Morgan fingerprint density at radius 3 is 2.83 bits per heavy atom. The van der Waals surface area contributed by atoms with Crippen molar-refractivity contribution in [3.05, 3.63) is 64.7 Å². The molecule has 0 aliphatic carbocycles. The molecule has 2 aromatic heterocycles. The van der Waals surface area contributed by atoms with Crippen LogP contribution in [0.1, 0.15) is 25.3 Å². The molecule has 0 spiro atoms. The minimum absolute atomic E-state index is 0.0535. The van der Waals surface area contributed by atoms with Gasteiger partial charge in [0.15, 0.2) is 5.16 Å². The molecule has 0 aliphatic heterocycles. The average Bonchev–Trinajstić information content (AvgIpc) is 2.60. The molecule has 0 radical (unpaired) electrons. The Labute approximate surface area is 139 Å². The minimum atomic E-state index is 0.0535. The smallest absolute Gasteiger partial charge is 0.262 e. The first-order valence-corrected chi connectivity index (χ1v) is 8.79. The molecule has 118 valence electrons. The Balaban J connectivity index is 1.97. The molecule has 0 unspecified atom stereocenters. The molecule has 0 amide bonds. The zero-order chi connectivity index (χ0) is 16.1. The van der Waals surface area contributed by atoms with E-state index < -0.39 is 0 Å². The van der Waals surface area contributed by atoms with Gasteiger partial charge in [0.25, 0.3) is 5.56 Å². The first-order chi connectivity index (χ1) is 11.3. The van der Waals surface area contributed by atoms with Crippen LogP contribution < -0.4 is 5.56 Å². The van der Waals surface area contributed by atoms with Crippen molar-refractivity contribution in [2.24, 2.45) is 0 Å². The molecule has 2 heterocycles. The standard InChI is InChI=1S/C18H19N3OS/c1-2-3-11-21-17(22)15-8-4-5-9-16(15)20-18(21)23-13-14-7-6-10-19-12-14/h4-10,12H,2-3,11,13H2,1H3. The second-order valence-electron chi connectivity index (χ2n) is 5.37. The van der Waals surface area contributed by atoms with E-state index >= 15 is 0 Å². The van der Waals surface area contributed by atoms with Crippen LogP contribution in [-0.2, 0) is 12.3 Å². The molecule has 0 bridgehead atoms. The highest BCUT2D eigenvalue weighted by Crippen LogP contribution is 2.22. The fourth-order valence-electron chi connectivity index (χ4n) is 2.40. The van der Waals surface area contributed by atoms with Gasteiger partial charge in [-0.05, 0) is 30.2 Å². The molecule has 1 aromatic carbocycles. The summed E-state index contributed by atoms with van der Waals surface area (Å²) in [6, 6.07) is 11.5. The number of thioether (sulfide) groups is 1. The van der Waals surface area contributed by atoms with Gasteiger partial charge in [-0.1, -0.05) is 43.3 Å². The molecule has 3 aromatic rings. The van der Waals surface area contributed by atoms with Crippen LogP contribution in [0.3, 0.4) is 0 Å². The summed E-state index contributed by atoms with van der Waals surface area (Å²) in [5.41, 5.74) is 1.94. The normalized spacial score (nSPS) is 11.0. The maximum atomic E-state index is 12.8. The van der Waals surface area contributed by atoms with E-state index in [1.54, 1.807) is 18.0 Å². The van der Waals surface area contributed by atoms with Crippen LogP contribution in [0.5, 0.6) is 0 Å². The number of fused-ring (bicyclic) bond motifs is 1. The van der Waals surface area contributed by atoms with Crippen molar-refractivity contribution >= 4 is 22.7 Å². The van der Waals surface area contributed by atoms with Crippen LogP contribution >= 0.6 is 11.8 Å². The van der Waals surface area contributed by atoms with Crippen molar-refractivity contribution in [1.82, 2.24) is 14.5 Å². The predicted octanol–water partition coefficient (Wildman–Crippen LogP) is 3.88. The maximum Gasteiger partial charge on any atom is 0.262 e. The van der Waals surface area contributed by atoms with Gasteiger partial charge in [0.2, 0.25) is 0 Å². The summed E-state index contributed by atoms with van der Waals surface area (Å²) < 4.78 is 1.81. The van der Waals surface area contributed by atoms with E-state index in [2.05, 4.69) is 11.9 Å². The van der Waals surface area contributed by atoms with Gasteiger partial charge in [-0.15, -0.1) is 0 Å². The molecule has 4 nitrogen and oxygen atoms in total. The van der Waals surface area contributed by atoms with Gasteiger partial charge in [-0.3, -0.25) is 14.3 Å². The predicted molar refractivity (Wildman–Crippen MR) is 94.7 cm³/mol. The SMILES string of the molecule is CCCCn1c(SCc2cccnc2)nc2ccccc2c1=O. The van der Waals surface area contributed by atoms with Crippen LogP contribution in [0.15, 0.2) is 58.7 Å². The van der Waals surface area contributed by atoms with E-state index in [0.717, 1.165) is 34.8 Å². The van der Waals surface area contributed by atoms with Gasteiger partial charge in [0.1, 0.15) is 0 Å². The highest BCUT2D eigenvalue weighted by atomic mass is 32.2. The Hall–Kier alpha value is -2.14. The van der Waals surface area contributed by atoms with E-state index in [9.17, 15) is 4.79 Å². The van der Waals surface area contributed by atoms with Crippen molar-refractivity contribution in [2.45, 2.75) is 37.2 Å². The number of aromatic nitrogens is 3. The van der Waals surface area contributed by atoms with Gasteiger partial charge < -0.3 is 0 Å². The Kier molecular flexibility index (Phi) is 5.08. The molecular formula is C18H19N3OS. The first-order valence-electron chi connectivity index (χ1n) is 7.81. The number of nitrogens with zero attached hydrogens (tertiary/aromatic N) is 3. The van der Waals surface area contributed by atoms with Crippen LogP contribution in [0.4, 0.5) is 0 Å². The maximum absolute atomic E-state index is 12.8. The third-order valence-corrected chi connectivity index (χ3v) is 4.70. The number of para-hydroxylation sites is 1. The van der Waals surface area contributed by atoms with Crippen LogP contribution in [-0.4, -0.2) is 14.5 Å². The quantitative estimate of drug-likeness (QED) is 0.510. The molecule has 0 atom stereocenters. The minimum Gasteiger partial charge on any atom is -0.287 e. The van der Waals surface area contributed by atoms with E-state index in [-0.39, 0.29) is 5.56 Å². The number of rotatable bonds is 6. The lowest BCUT2D eigenvalue weighted by Crippen LogP contribution is -2.23. The van der Waals surface area contributed by atoms with Crippen molar-refractivity contribution in [3.63, 3.8) is 0 Å². The highest BCUT2D eigenvalue weighted by Gasteiger charge is 2.11. The number of unbranched alkanes of at least 4 members (excludes halogenated alkanes) is 1. The van der Waals surface area contributed by atoms with Gasteiger partial charge in [-0.25, -0.2) is 4.98 Å². The zero-order valence-electron chi connectivity index (χ0n) is 13.1. The van der Waals surface area contributed by atoms with Gasteiger partial charge in [0.05, 0.1) is 10.9 Å². The molecular weight excluding hydrogens is 306 g/mol. The van der Waals surface area contributed by atoms with Crippen LogP contribution in [0.2, 0.25) is 0 Å². The second-order valence-corrected chi connectivity index (χ2v) is 6.31. The molecule has 0 N–H and O–H groups in total. The highest BCUT2D eigenvalue weighted by molar-refractivity contribution is 7.98. The summed E-state index contributed by atoms with van der Waals surface area (Å²) in [6.45, 7) is 2.84. The average molecular weight is 325 g/mol. The van der Waals surface area contributed by atoms with Crippen molar-refractivity contribution in [1.29, 1.82) is 0 Å². The third kappa shape index (κ3) is 3.62. The van der Waals surface area contributed by atoms with E-state index in [1.807, 2.05) is 47.2 Å². The lowest BCUT2D eigenvalue weighted by Gasteiger charge is -2.12. The fourth-order valence-corrected chi connectivity index (χ4v) is 3.36. The summed E-state index contributed by atoms with van der Waals surface area (Å²) in [7, 11) is 0. The molecule has 0 saturated heterocycles. The Morgan fingerprint density at radius 2 is 2.04 bits per heavy atom. The lowest BCUT2D eigenvalue weighted by molar-refractivity contribution is 0.557. The summed E-state index contributed by atoms with van der Waals surface area (Å²) in [5, 5.41) is 1.47. The number of pyridine rings is 1. The summed E-state index contributed by atoms with van der Waals surface area (Å²) in [5.74, 6) is 0.755. The van der Waals surface area contributed by atoms with E-state index in [0.29, 0.717) is 11.9 Å². The van der Waals surface area contributed by atoms with Gasteiger partial charge in [0, 0.05) is 24.7 Å². The zero-order valence-corrected chi connectivity index (χ0v) is 13.9. The van der Waals surface area contributed by atoms with Crippen LogP contribution in [0.25, 0.3) is 10.9 Å². The molecule has 3 rings (SSSR count). The largest absolute Gasteiger partial charge is 0.287 e. The summed E-state index contributed by atoms with van der Waals surface area (Å²) in [4.78, 5) is 21.6. The Morgan fingerprint density at radius 1 is 1.17 bits per heavy atom. The summed E-state index contributed by atoms with van der Waals surface area (Å²) >= 11 is 1.59. The molecule has 0 saturated carbocycles. The van der Waals surface area contributed by atoms with Gasteiger partial charge in [-0.2, -0.15) is 0 Å². The second kappa shape index (κ2) is 7.42. The molecule has 23 heavy (non-hydrogen) atoms. The topological polar surface area (TPSA) is 47.8 Å². The molecule has 0 fully saturated rings. The van der Waals surface area contributed by atoms with Crippen LogP contribution in [0, 0.1) is 0 Å². The molecule has 5 heteroatoms. The van der Waals surface area contributed by atoms with Gasteiger partial charge >= 0.3 is 0 Å². The fraction of sp³-hybridized carbons (Fsp3) is 0.278. The monoisotopic (exact) mass is 325 g/mol.